The van der Waals surface area contributed by atoms with Crippen molar-refractivity contribution in [2.24, 2.45) is 5.73 Å². The van der Waals surface area contributed by atoms with Crippen LogP contribution in [0.4, 0.5) is 4.39 Å². The summed E-state index contributed by atoms with van der Waals surface area (Å²) in [5.41, 5.74) is 10.5. The summed E-state index contributed by atoms with van der Waals surface area (Å²) >= 11 is 0. The van der Waals surface area contributed by atoms with Gasteiger partial charge < -0.3 is 10.5 Å². The topological polar surface area (TPSA) is 99.4 Å². The van der Waals surface area contributed by atoms with E-state index in [1.165, 1.54) is 12.3 Å². The molecule has 0 spiro atoms. The van der Waals surface area contributed by atoms with Gasteiger partial charge in [-0.1, -0.05) is 6.07 Å². The van der Waals surface area contributed by atoms with Crippen LogP contribution in [0.3, 0.4) is 0 Å². The summed E-state index contributed by atoms with van der Waals surface area (Å²) in [6.45, 7) is 4.14. The average molecular weight is 410 g/mol. The Morgan fingerprint density at radius 2 is 1.97 bits per heavy atom. The van der Waals surface area contributed by atoms with Gasteiger partial charge in [0.05, 0.1) is 24.7 Å². The molecule has 1 amide bonds. The highest BCUT2D eigenvalue weighted by Crippen LogP contribution is 2.20. The second-order valence-corrected chi connectivity index (χ2v) is 6.61. The minimum atomic E-state index is -0.584. The summed E-state index contributed by atoms with van der Waals surface area (Å²) in [6.07, 6.45) is 2.89. The maximum absolute atomic E-state index is 13.9. The third-order valence-electron chi connectivity index (χ3n) is 4.32. The summed E-state index contributed by atoms with van der Waals surface area (Å²) < 4.78 is 19.4. The molecular formula is C22H23FN4O3. The van der Waals surface area contributed by atoms with E-state index in [4.69, 9.17) is 15.3 Å². The van der Waals surface area contributed by atoms with E-state index in [2.05, 4.69) is 15.4 Å². The Balaban J connectivity index is 1.64. The molecule has 1 aromatic heterocycles. The minimum Gasteiger partial charge on any atom is -0.494 e. The number of nitrogens with two attached hydrogens (primary N) is 1. The maximum Gasteiger partial charge on any atom is 0.295 e. The molecule has 0 saturated carbocycles. The highest BCUT2D eigenvalue weighted by atomic mass is 19.1. The number of nitrogens with one attached hydrogen (secondary N) is 1. The van der Waals surface area contributed by atoms with Gasteiger partial charge in [-0.05, 0) is 55.8 Å². The van der Waals surface area contributed by atoms with E-state index in [1.54, 1.807) is 25.3 Å². The molecule has 3 aromatic rings. The Labute approximate surface area is 174 Å². The van der Waals surface area contributed by atoms with Crippen LogP contribution in [0.25, 0.3) is 11.3 Å². The van der Waals surface area contributed by atoms with Crippen molar-refractivity contribution in [1.82, 2.24) is 15.4 Å². The van der Waals surface area contributed by atoms with Crippen molar-refractivity contribution in [3.05, 3.63) is 77.5 Å². The molecule has 1 atom stereocenters. The van der Waals surface area contributed by atoms with Crippen molar-refractivity contribution in [2.75, 3.05) is 6.61 Å². The quantitative estimate of drug-likeness (QED) is 0.551. The monoisotopic (exact) mass is 410 g/mol. The molecule has 0 radical (unpaired) electrons. The lowest BCUT2D eigenvalue weighted by Crippen LogP contribution is -2.25. The van der Waals surface area contributed by atoms with Crippen molar-refractivity contribution < 1.29 is 18.8 Å². The first-order chi connectivity index (χ1) is 14.5. The number of rotatable bonds is 8. The highest BCUT2D eigenvalue weighted by Gasteiger charge is 2.12. The molecule has 0 saturated heterocycles. The Morgan fingerprint density at radius 3 is 2.67 bits per heavy atom. The molecule has 0 fully saturated rings. The van der Waals surface area contributed by atoms with E-state index in [1.807, 2.05) is 31.2 Å². The van der Waals surface area contributed by atoms with Gasteiger partial charge in [-0.25, -0.2) is 14.9 Å². The number of benzene rings is 2. The Morgan fingerprint density at radius 1 is 1.20 bits per heavy atom. The fourth-order valence-electron chi connectivity index (χ4n) is 2.72. The normalized spacial score (nSPS) is 11.7. The summed E-state index contributed by atoms with van der Waals surface area (Å²) in [5.74, 6) is -0.276. The lowest BCUT2D eigenvalue weighted by Gasteiger charge is -2.10. The second kappa shape index (κ2) is 9.91. The van der Waals surface area contributed by atoms with Crippen LogP contribution in [0.1, 0.15) is 41.5 Å². The van der Waals surface area contributed by atoms with Crippen LogP contribution >= 0.6 is 0 Å². The average Bonchev–Trinajstić information content (AvgIpc) is 2.75. The van der Waals surface area contributed by atoms with Gasteiger partial charge in [0.2, 0.25) is 0 Å². The van der Waals surface area contributed by atoms with Crippen molar-refractivity contribution in [3.63, 3.8) is 0 Å². The predicted molar refractivity (Wildman–Crippen MR) is 110 cm³/mol. The van der Waals surface area contributed by atoms with Crippen LogP contribution in [0.5, 0.6) is 5.75 Å². The van der Waals surface area contributed by atoms with Gasteiger partial charge in [-0.3, -0.25) is 14.6 Å². The molecule has 8 heteroatoms. The van der Waals surface area contributed by atoms with Gasteiger partial charge in [0.1, 0.15) is 23.9 Å². The van der Waals surface area contributed by atoms with E-state index < -0.39 is 11.7 Å². The molecule has 2 aromatic carbocycles. The zero-order valence-corrected chi connectivity index (χ0v) is 16.8. The molecule has 0 aliphatic heterocycles. The fourth-order valence-corrected chi connectivity index (χ4v) is 2.72. The van der Waals surface area contributed by atoms with Gasteiger partial charge in [-0.2, -0.15) is 0 Å². The van der Waals surface area contributed by atoms with Crippen molar-refractivity contribution in [1.29, 1.82) is 0 Å². The van der Waals surface area contributed by atoms with Gasteiger partial charge in [0.25, 0.3) is 5.91 Å². The molecular weight excluding hydrogens is 387 g/mol. The lowest BCUT2D eigenvalue weighted by molar-refractivity contribution is 0.0219. The van der Waals surface area contributed by atoms with E-state index in [0.717, 1.165) is 16.9 Å². The van der Waals surface area contributed by atoms with E-state index in [-0.39, 0.29) is 18.3 Å². The van der Waals surface area contributed by atoms with E-state index in [9.17, 15) is 9.18 Å². The molecule has 3 rings (SSSR count). The van der Waals surface area contributed by atoms with Crippen molar-refractivity contribution >= 4 is 5.91 Å². The zero-order valence-electron chi connectivity index (χ0n) is 16.8. The first-order valence-electron chi connectivity index (χ1n) is 9.49. The number of nitrogens with zero attached hydrogens (tertiary/aromatic N) is 2. The Kier molecular flexibility index (Phi) is 7.05. The largest absolute Gasteiger partial charge is 0.494 e. The number of hydroxylamine groups is 1. The zero-order chi connectivity index (χ0) is 21.5. The van der Waals surface area contributed by atoms with Crippen molar-refractivity contribution in [3.8, 4) is 17.0 Å². The molecule has 7 nitrogen and oxygen atoms in total. The van der Waals surface area contributed by atoms with Crippen LogP contribution < -0.4 is 16.0 Å². The molecule has 3 N–H and O–H groups in total. The maximum atomic E-state index is 13.9. The molecule has 1 unspecified atom stereocenters. The first kappa shape index (κ1) is 21.4. The van der Waals surface area contributed by atoms with Crippen LogP contribution in [0, 0.1) is 5.82 Å². The number of carbonyl (C=O) groups is 1. The summed E-state index contributed by atoms with van der Waals surface area (Å²) in [6, 6.07) is 11.6. The first-order valence-corrected chi connectivity index (χ1v) is 9.49. The fraction of sp³-hybridized carbons (Fsp3) is 0.227. The number of amides is 1. The van der Waals surface area contributed by atoms with Gasteiger partial charge in [-0.15, -0.1) is 0 Å². The van der Waals surface area contributed by atoms with Crippen LogP contribution in [0.15, 0.2) is 54.9 Å². The number of ether oxygens (including phenoxy) is 1. The molecule has 30 heavy (non-hydrogen) atoms. The van der Waals surface area contributed by atoms with Gasteiger partial charge in [0, 0.05) is 17.2 Å². The van der Waals surface area contributed by atoms with Crippen LogP contribution in [0.2, 0.25) is 0 Å². The number of hydrogen-bond acceptors (Lipinski definition) is 6. The summed E-state index contributed by atoms with van der Waals surface area (Å²) in [4.78, 5) is 25.9. The molecule has 0 bridgehead atoms. The molecule has 156 valence electrons. The standard InChI is InChI=1S/C22H23FN4O3/c1-3-29-18-7-4-15(5-8-18)20-11-25-12-21(26-20)22(28)27-30-13-17-10-16(14(2)24)6-9-19(17)23/h4-12,14H,3,13,24H2,1-2H3,(H,27,28). The number of hydrogen-bond donors (Lipinski definition) is 2. The minimum absolute atomic E-state index is 0.0752. The van der Waals surface area contributed by atoms with Gasteiger partial charge in [0.15, 0.2) is 0 Å². The number of carbonyl (C=O) groups excluding carboxylic acids is 1. The smallest absolute Gasteiger partial charge is 0.295 e. The SMILES string of the molecule is CCOc1ccc(-c2cncc(C(=O)NOCc3cc(C(C)N)ccc3F)n2)cc1. The third-order valence-corrected chi connectivity index (χ3v) is 4.32. The second-order valence-electron chi connectivity index (χ2n) is 6.61. The van der Waals surface area contributed by atoms with E-state index >= 15 is 0 Å². The summed E-state index contributed by atoms with van der Waals surface area (Å²) in [7, 11) is 0. The Bertz CT molecular complexity index is 1010. The van der Waals surface area contributed by atoms with Crippen LogP contribution in [-0.4, -0.2) is 22.5 Å². The molecule has 0 aliphatic carbocycles. The Hall–Kier alpha value is -3.36. The van der Waals surface area contributed by atoms with Gasteiger partial charge >= 0.3 is 0 Å². The van der Waals surface area contributed by atoms with Crippen LogP contribution in [-0.2, 0) is 11.4 Å². The number of aromatic nitrogens is 2. The molecule has 1 heterocycles. The summed E-state index contributed by atoms with van der Waals surface area (Å²) in [5, 5.41) is 0. The number of halogens is 1. The highest BCUT2D eigenvalue weighted by molar-refractivity contribution is 5.91. The molecule has 0 aliphatic rings. The lowest BCUT2D eigenvalue weighted by atomic mass is 10.1. The van der Waals surface area contributed by atoms with E-state index in [0.29, 0.717) is 17.9 Å². The predicted octanol–water partition coefficient (Wildman–Crippen LogP) is 3.56. The van der Waals surface area contributed by atoms with Crippen molar-refractivity contribution in [2.45, 2.75) is 26.5 Å². The third kappa shape index (κ3) is 5.37.